The van der Waals surface area contributed by atoms with Gasteiger partial charge in [0, 0.05) is 17.1 Å². The van der Waals surface area contributed by atoms with Gasteiger partial charge in [-0.2, -0.15) is 0 Å². The molecule has 30 heavy (non-hydrogen) atoms. The Morgan fingerprint density at radius 3 is 2.30 bits per heavy atom. The Kier molecular flexibility index (Phi) is 7.77. The van der Waals surface area contributed by atoms with Crippen molar-refractivity contribution in [3.05, 3.63) is 58.6 Å². The van der Waals surface area contributed by atoms with Crippen LogP contribution in [0.15, 0.2) is 53.0 Å². The molecule has 1 unspecified atom stereocenters. The van der Waals surface area contributed by atoms with Crippen molar-refractivity contribution >= 4 is 31.7 Å². The van der Waals surface area contributed by atoms with Crippen LogP contribution in [-0.4, -0.2) is 50.0 Å². The fourth-order valence-electron chi connectivity index (χ4n) is 3.31. The van der Waals surface area contributed by atoms with E-state index in [1.807, 2.05) is 43.3 Å². The van der Waals surface area contributed by atoms with Crippen molar-refractivity contribution in [2.75, 3.05) is 24.7 Å². The molecule has 0 aliphatic carbocycles. The Balaban J connectivity index is 1.69. The lowest BCUT2D eigenvalue weighted by Crippen LogP contribution is -2.43. The number of carbonyl (C=O) groups is 1. The van der Waals surface area contributed by atoms with Crippen molar-refractivity contribution in [3.8, 4) is 11.5 Å². The van der Waals surface area contributed by atoms with Gasteiger partial charge in [-0.3, -0.25) is 4.79 Å². The Hall–Kier alpha value is -2.06. The Bertz CT molecular complexity index is 944. The van der Waals surface area contributed by atoms with Gasteiger partial charge in [0.2, 0.25) is 0 Å². The second-order valence-corrected chi connectivity index (χ2v) is 10.5. The largest absolute Gasteiger partial charge is 0.494 e. The molecule has 0 bridgehead atoms. The number of ether oxygens (including phenoxy) is 2. The zero-order valence-electron chi connectivity index (χ0n) is 16.9. The molecular formula is C22H26BrNO5S. The number of hydrogen-bond donors (Lipinski definition) is 0. The molecule has 2 aromatic carbocycles. The lowest BCUT2D eigenvalue weighted by atomic mass is 10.1. The first-order chi connectivity index (χ1) is 14.4. The van der Waals surface area contributed by atoms with Gasteiger partial charge in [-0.25, -0.2) is 8.42 Å². The van der Waals surface area contributed by atoms with Crippen LogP contribution in [0, 0.1) is 0 Å². The van der Waals surface area contributed by atoms with E-state index in [9.17, 15) is 13.2 Å². The standard InChI is InChI=1S/C22H26BrNO5S/c1-2-12-28-20-7-3-17(4-8-20)14-24(19-11-13-30(26,27)16-19)22(25)15-29-21-9-5-18(23)6-10-21/h3-10,19H,2,11-16H2,1H3. The number of rotatable bonds is 9. The van der Waals surface area contributed by atoms with Crippen molar-refractivity contribution in [1.29, 1.82) is 0 Å². The predicted octanol–water partition coefficient (Wildman–Crippen LogP) is 3.83. The van der Waals surface area contributed by atoms with Crippen molar-refractivity contribution in [2.24, 2.45) is 0 Å². The molecule has 1 amide bonds. The van der Waals surface area contributed by atoms with E-state index in [4.69, 9.17) is 9.47 Å². The summed E-state index contributed by atoms with van der Waals surface area (Å²) in [5.41, 5.74) is 0.917. The summed E-state index contributed by atoms with van der Waals surface area (Å²) in [5, 5.41) is 0. The maximum absolute atomic E-state index is 13.0. The fourth-order valence-corrected chi connectivity index (χ4v) is 5.30. The van der Waals surface area contributed by atoms with Gasteiger partial charge in [0.05, 0.1) is 18.1 Å². The minimum Gasteiger partial charge on any atom is -0.494 e. The molecule has 1 heterocycles. The molecule has 2 aromatic rings. The zero-order valence-corrected chi connectivity index (χ0v) is 19.3. The smallest absolute Gasteiger partial charge is 0.261 e. The molecule has 0 N–H and O–H groups in total. The van der Waals surface area contributed by atoms with E-state index < -0.39 is 9.84 Å². The average Bonchev–Trinajstić information content (AvgIpc) is 3.10. The monoisotopic (exact) mass is 495 g/mol. The summed E-state index contributed by atoms with van der Waals surface area (Å²) >= 11 is 3.36. The van der Waals surface area contributed by atoms with E-state index in [2.05, 4.69) is 15.9 Å². The molecule has 1 aliphatic heterocycles. The first-order valence-electron chi connectivity index (χ1n) is 9.96. The van der Waals surface area contributed by atoms with E-state index >= 15 is 0 Å². The van der Waals surface area contributed by atoms with Gasteiger partial charge in [-0.1, -0.05) is 35.0 Å². The van der Waals surface area contributed by atoms with E-state index in [1.54, 1.807) is 17.0 Å². The molecule has 1 fully saturated rings. The summed E-state index contributed by atoms with van der Waals surface area (Å²) in [6.07, 6.45) is 1.38. The number of hydrogen-bond acceptors (Lipinski definition) is 5. The normalized spacial score (nSPS) is 17.5. The van der Waals surface area contributed by atoms with Crippen LogP contribution in [0.5, 0.6) is 11.5 Å². The Labute approximate surface area is 186 Å². The number of halogens is 1. The zero-order chi connectivity index (χ0) is 21.6. The van der Waals surface area contributed by atoms with Gasteiger partial charge >= 0.3 is 0 Å². The molecule has 162 valence electrons. The third-order valence-corrected chi connectivity index (χ3v) is 7.17. The first kappa shape index (κ1) is 22.6. The topological polar surface area (TPSA) is 72.9 Å². The highest BCUT2D eigenvalue weighted by molar-refractivity contribution is 9.10. The van der Waals surface area contributed by atoms with Crippen molar-refractivity contribution in [3.63, 3.8) is 0 Å². The minimum atomic E-state index is -3.12. The van der Waals surface area contributed by atoms with Gasteiger partial charge in [-0.05, 0) is 54.8 Å². The summed E-state index contributed by atoms with van der Waals surface area (Å²) in [7, 11) is -3.12. The maximum atomic E-state index is 13.0. The van der Waals surface area contributed by atoms with E-state index in [1.165, 1.54) is 0 Å². The molecule has 6 nitrogen and oxygen atoms in total. The van der Waals surface area contributed by atoms with E-state index in [-0.39, 0.29) is 30.1 Å². The molecule has 0 radical (unpaired) electrons. The molecular weight excluding hydrogens is 470 g/mol. The highest BCUT2D eigenvalue weighted by Crippen LogP contribution is 2.22. The van der Waals surface area contributed by atoms with Crippen molar-refractivity contribution in [2.45, 2.75) is 32.4 Å². The molecule has 0 aromatic heterocycles. The average molecular weight is 496 g/mol. The predicted molar refractivity (Wildman–Crippen MR) is 119 cm³/mol. The second-order valence-electron chi connectivity index (χ2n) is 7.31. The molecule has 8 heteroatoms. The van der Waals surface area contributed by atoms with Crippen LogP contribution in [-0.2, 0) is 21.2 Å². The van der Waals surface area contributed by atoms with Crippen LogP contribution in [0.4, 0.5) is 0 Å². The lowest BCUT2D eigenvalue weighted by molar-refractivity contribution is -0.136. The van der Waals surface area contributed by atoms with Crippen LogP contribution in [0.2, 0.25) is 0 Å². The summed E-state index contributed by atoms with van der Waals surface area (Å²) in [4.78, 5) is 14.6. The number of benzene rings is 2. The van der Waals surface area contributed by atoms with Gasteiger partial charge in [0.15, 0.2) is 16.4 Å². The number of amides is 1. The first-order valence-corrected chi connectivity index (χ1v) is 12.6. The van der Waals surface area contributed by atoms with Crippen LogP contribution >= 0.6 is 15.9 Å². The summed E-state index contributed by atoms with van der Waals surface area (Å²) in [5.74, 6) is 1.24. The van der Waals surface area contributed by atoms with Gasteiger partial charge in [-0.15, -0.1) is 0 Å². The molecule has 0 saturated carbocycles. The fraction of sp³-hybridized carbons (Fsp3) is 0.409. The van der Waals surface area contributed by atoms with Gasteiger partial charge in [0.1, 0.15) is 11.5 Å². The van der Waals surface area contributed by atoms with Crippen molar-refractivity contribution < 1.29 is 22.7 Å². The summed E-state index contributed by atoms with van der Waals surface area (Å²) in [6, 6.07) is 14.4. The van der Waals surface area contributed by atoms with E-state index in [0.29, 0.717) is 25.3 Å². The van der Waals surface area contributed by atoms with Crippen LogP contribution < -0.4 is 9.47 Å². The molecule has 1 atom stereocenters. The molecule has 0 spiro atoms. The van der Waals surface area contributed by atoms with Crippen LogP contribution in [0.1, 0.15) is 25.3 Å². The number of nitrogens with zero attached hydrogens (tertiary/aromatic N) is 1. The third-order valence-electron chi connectivity index (χ3n) is 4.89. The second kappa shape index (κ2) is 10.3. The lowest BCUT2D eigenvalue weighted by Gasteiger charge is -2.28. The Morgan fingerprint density at radius 2 is 1.70 bits per heavy atom. The Morgan fingerprint density at radius 1 is 1.07 bits per heavy atom. The maximum Gasteiger partial charge on any atom is 0.261 e. The number of carbonyl (C=O) groups excluding carboxylic acids is 1. The molecule has 3 rings (SSSR count). The highest BCUT2D eigenvalue weighted by atomic mass is 79.9. The summed E-state index contributed by atoms with van der Waals surface area (Å²) in [6.45, 7) is 2.88. The SMILES string of the molecule is CCCOc1ccc(CN(C(=O)COc2ccc(Br)cc2)C2CCS(=O)(=O)C2)cc1. The van der Waals surface area contributed by atoms with E-state index in [0.717, 1.165) is 22.2 Å². The minimum absolute atomic E-state index is 0.00524. The highest BCUT2D eigenvalue weighted by Gasteiger charge is 2.34. The summed E-state index contributed by atoms with van der Waals surface area (Å²) < 4.78 is 36.1. The van der Waals surface area contributed by atoms with Gasteiger partial charge < -0.3 is 14.4 Å². The quantitative estimate of drug-likeness (QED) is 0.528. The van der Waals surface area contributed by atoms with Crippen molar-refractivity contribution in [1.82, 2.24) is 4.90 Å². The van der Waals surface area contributed by atoms with Gasteiger partial charge in [0.25, 0.3) is 5.91 Å². The van der Waals surface area contributed by atoms with Crippen LogP contribution in [0.25, 0.3) is 0 Å². The molecule has 1 aliphatic rings. The number of sulfone groups is 1. The third kappa shape index (κ3) is 6.47. The van der Waals surface area contributed by atoms with Crippen LogP contribution in [0.3, 0.4) is 0 Å². The molecule has 1 saturated heterocycles.